The van der Waals surface area contributed by atoms with E-state index >= 15 is 0 Å². The van der Waals surface area contributed by atoms with Crippen molar-refractivity contribution >= 4 is 0 Å². The smallest absolute Gasteiger partial charge is 0.0638 e. The third-order valence-corrected chi connectivity index (χ3v) is 1.64. The maximum Gasteiger partial charge on any atom is 0.0638 e. The minimum atomic E-state index is 0.370. The Balaban J connectivity index is 2.64. The van der Waals surface area contributed by atoms with E-state index in [1.54, 1.807) is 6.20 Å². The maximum atomic E-state index is 5.51. The van der Waals surface area contributed by atoms with Crippen LogP contribution in [0.2, 0.25) is 0 Å². The van der Waals surface area contributed by atoms with Crippen molar-refractivity contribution in [2.75, 3.05) is 6.54 Å². The van der Waals surface area contributed by atoms with Crippen LogP contribution in [0.1, 0.15) is 19.4 Å². The number of nitrogens with two attached hydrogens (primary N) is 1. The first kappa shape index (κ1) is 7.28. The average molecular weight is 139 g/mol. The Kier molecular flexibility index (Phi) is 2.45. The predicted molar refractivity (Wildman–Crippen MR) is 40.6 cm³/mol. The summed E-state index contributed by atoms with van der Waals surface area (Å²) in [5.41, 5.74) is 5.51. The van der Waals surface area contributed by atoms with Crippen molar-refractivity contribution in [1.82, 2.24) is 9.78 Å². The first-order chi connectivity index (χ1) is 4.88. The van der Waals surface area contributed by atoms with E-state index in [-0.39, 0.29) is 0 Å². The Morgan fingerprint density at radius 1 is 1.70 bits per heavy atom. The van der Waals surface area contributed by atoms with Crippen LogP contribution in [-0.4, -0.2) is 16.3 Å². The van der Waals surface area contributed by atoms with E-state index in [1.165, 1.54) is 0 Å². The highest BCUT2D eigenvalue weighted by molar-refractivity contribution is 4.81. The van der Waals surface area contributed by atoms with Crippen molar-refractivity contribution in [1.29, 1.82) is 0 Å². The molecule has 2 N–H and O–H groups in total. The second-order valence-corrected chi connectivity index (χ2v) is 2.28. The van der Waals surface area contributed by atoms with Crippen molar-refractivity contribution < 1.29 is 0 Å². The molecule has 1 atom stereocenters. The molecule has 10 heavy (non-hydrogen) atoms. The Labute approximate surface area is 60.8 Å². The van der Waals surface area contributed by atoms with Gasteiger partial charge in [-0.15, -0.1) is 0 Å². The average Bonchev–Trinajstić information content (AvgIpc) is 2.43. The lowest BCUT2D eigenvalue weighted by Gasteiger charge is -2.11. The van der Waals surface area contributed by atoms with Crippen LogP contribution in [0, 0.1) is 0 Å². The fraction of sp³-hybridized carbons (Fsp3) is 0.571. The van der Waals surface area contributed by atoms with E-state index in [4.69, 9.17) is 5.73 Å². The highest BCUT2D eigenvalue weighted by Gasteiger charge is 2.03. The molecule has 3 heteroatoms. The summed E-state index contributed by atoms with van der Waals surface area (Å²) >= 11 is 0. The Morgan fingerprint density at radius 3 is 2.90 bits per heavy atom. The molecule has 0 amide bonds. The van der Waals surface area contributed by atoms with E-state index in [9.17, 15) is 0 Å². The number of hydrogen-bond acceptors (Lipinski definition) is 2. The lowest BCUT2D eigenvalue weighted by atomic mass is 10.2. The molecule has 56 valence electrons. The fourth-order valence-corrected chi connectivity index (χ4v) is 0.958. The predicted octanol–water partition coefficient (Wildman–Crippen LogP) is 0.793. The van der Waals surface area contributed by atoms with Crippen LogP contribution in [-0.2, 0) is 0 Å². The van der Waals surface area contributed by atoms with Crippen molar-refractivity contribution in [3.05, 3.63) is 18.5 Å². The second-order valence-electron chi connectivity index (χ2n) is 2.28. The molecule has 3 nitrogen and oxygen atoms in total. The molecular formula is C7H13N3. The molecule has 0 unspecified atom stereocenters. The van der Waals surface area contributed by atoms with Crippen LogP contribution in [0.3, 0.4) is 0 Å². The molecule has 0 aliphatic rings. The van der Waals surface area contributed by atoms with Crippen LogP contribution in [0.4, 0.5) is 0 Å². The van der Waals surface area contributed by atoms with Crippen molar-refractivity contribution in [2.45, 2.75) is 19.4 Å². The molecule has 0 fully saturated rings. The quantitative estimate of drug-likeness (QED) is 0.673. The van der Waals surface area contributed by atoms with Crippen molar-refractivity contribution in [3.8, 4) is 0 Å². The monoisotopic (exact) mass is 139 g/mol. The number of rotatable bonds is 3. The first-order valence-electron chi connectivity index (χ1n) is 3.57. The van der Waals surface area contributed by atoms with Gasteiger partial charge in [-0.05, 0) is 12.5 Å². The van der Waals surface area contributed by atoms with Gasteiger partial charge < -0.3 is 5.73 Å². The molecule has 0 radical (unpaired) electrons. The standard InChI is InChI=1S/C7H13N3/c1-2-7(6-8)10-5-3-4-9-10/h3-5,7H,2,6,8H2,1H3/t7-/m1/s1. The van der Waals surface area contributed by atoms with Gasteiger partial charge in [0, 0.05) is 18.9 Å². The zero-order valence-electron chi connectivity index (χ0n) is 6.20. The van der Waals surface area contributed by atoms with Gasteiger partial charge in [-0.1, -0.05) is 6.92 Å². The zero-order valence-corrected chi connectivity index (χ0v) is 6.20. The molecular weight excluding hydrogens is 126 g/mol. The third-order valence-electron chi connectivity index (χ3n) is 1.64. The van der Waals surface area contributed by atoms with Gasteiger partial charge in [0.15, 0.2) is 0 Å². The summed E-state index contributed by atoms with van der Waals surface area (Å²) in [6.45, 7) is 2.78. The summed E-state index contributed by atoms with van der Waals surface area (Å²) in [6.07, 6.45) is 4.76. The molecule has 0 aromatic carbocycles. The van der Waals surface area contributed by atoms with Gasteiger partial charge in [0.05, 0.1) is 6.04 Å². The Morgan fingerprint density at radius 2 is 2.50 bits per heavy atom. The van der Waals surface area contributed by atoms with Gasteiger partial charge in [0.2, 0.25) is 0 Å². The first-order valence-corrected chi connectivity index (χ1v) is 3.57. The summed E-state index contributed by atoms with van der Waals surface area (Å²) < 4.78 is 1.90. The fourth-order valence-electron chi connectivity index (χ4n) is 0.958. The van der Waals surface area contributed by atoms with Gasteiger partial charge in [-0.25, -0.2) is 0 Å². The summed E-state index contributed by atoms with van der Waals surface area (Å²) in [6, 6.07) is 2.29. The summed E-state index contributed by atoms with van der Waals surface area (Å²) in [5.74, 6) is 0. The van der Waals surface area contributed by atoms with E-state index in [0.717, 1.165) is 6.42 Å². The zero-order chi connectivity index (χ0) is 7.40. The molecule has 0 aliphatic carbocycles. The highest BCUT2D eigenvalue weighted by Crippen LogP contribution is 2.05. The minimum absolute atomic E-state index is 0.370. The normalized spacial score (nSPS) is 13.4. The summed E-state index contributed by atoms with van der Waals surface area (Å²) in [5, 5.41) is 4.09. The van der Waals surface area contributed by atoms with E-state index in [0.29, 0.717) is 12.6 Å². The maximum absolute atomic E-state index is 5.51. The van der Waals surface area contributed by atoms with Crippen LogP contribution in [0.5, 0.6) is 0 Å². The summed E-state index contributed by atoms with van der Waals surface area (Å²) in [7, 11) is 0. The molecule has 0 bridgehead atoms. The lowest BCUT2D eigenvalue weighted by molar-refractivity contribution is 0.450. The topological polar surface area (TPSA) is 43.8 Å². The van der Waals surface area contributed by atoms with Crippen LogP contribution >= 0.6 is 0 Å². The molecule has 1 heterocycles. The van der Waals surface area contributed by atoms with Gasteiger partial charge in [0.25, 0.3) is 0 Å². The summed E-state index contributed by atoms with van der Waals surface area (Å²) in [4.78, 5) is 0. The third kappa shape index (κ3) is 1.36. The van der Waals surface area contributed by atoms with Crippen LogP contribution < -0.4 is 5.73 Å². The van der Waals surface area contributed by atoms with E-state index in [2.05, 4.69) is 12.0 Å². The molecule has 1 aromatic rings. The molecule has 0 aliphatic heterocycles. The minimum Gasteiger partial charge on any atom is -0.328 e. The van der Waals surface area contributed by atoms with Gasteiger partial charge in [-0.2, -0.15) is 5.10 Å². The Bertz CT molecular complexity index is 165. The molecule has 1 rings (SSSR count). The van der Waals surface area contributed by atoms with E-state index < -0.39 is 0 Å². The highest BCUT2D eigenvalue weighted by atomic mass is 15.3. The van der Waals surface area contributed by atoms with Crippen molar-refractivity contribution in [2.24, 2.45) is 5.73 Å². The number of nitrogens with zero attached hydrogens (tertiary/aromatic N) is 2. The van der Waals surface area contributed by atoms with Crippen LogP contribution in [0.25, 0.3) is 0 Å². The molecule has 1 aromatic heterocycles. The lowest BCUT2D eigenvalue weighted by Crippen LogP contribution is -2.18. The molecule has 0 spiro atoms. The van der Waals surface area contributed by atoms with Gasteiger partial charge in [-0.3, -0.25) is 4.68 Å². The molecule has 0 saturated heterocycles. The Hall–Kier alpha value is -0.830. The number of hydrogen-bond donors (Lipinski definition) is 1. The number of aromatic nitrogens is 2. The van der Waals surface area contributed by atoms with Gasteiger partial charge in [0.1, 0.15) is 0 Å². The van der Waals surface area contributed by atoms with Crippen molar-refractivity contribution in [3.63, 3.8) is 0 Å². The van der Waals surface area contributed by atoms with E-state index in [1.807, 2.05) is 16.9 Å². The van der Waals surface area contributed by atoms with Crippen LogP contribution in [0.15, 0.2) is 18.5 Å². The SMILES string of the molecule is CC[C@H](CN)n1cccn1. The van der Waals surface area contributed by atoms with Gasteiger partial charge >= 0.3 is 0 Å². The largest absolute Gasteiger partial charge is 0.328 e. The molecule has 0 saturated carbocycles. The second kappa shape index (κ2) is 3.37.